The number of hydrogen-bond acceptors (Lipinski definition) is 3. The number of nitrogens with zero attached hydrogens (tertiary/aromatic N) is 1. The van der Waals surface area contributed by atoms with Crippen LogP contribution in [-0.4, -0.2) is 23.4 Å². The lowest BCUT2D eigenvalue weighted by atomic mass is 10.1. The van der Waals surface area contributed by atoms with Crippen LogP contribution in [-0.2, 0) is 17.8 Å². The molecule has 116 valence electrons. The first-order valence-corrected chi connectivity index (χ1v) is 7.98. The van der Waals surface area contributed by atoms with Gasteiger partial charge < -0.3 is 5.32 Å². The Morgan fingerprint density at radius 1 is 1.36 bits per heavy atom. The maximum atomic E-state index is 13.6. The van der Waals surface area contributed by atoms with E-state index in [9.17, 15) is 13.6 Å². The van der Waals surface area contributed by atoms with E-state index in [4.69, 9.17) is 0 Å². The van der Waals surface area contributed by atoms with Crippen LogP contribution in [0.4, 0.5) is 14.5 Å². The Kier molecular flexibility index (Phi) is 4.22. The van der Waals surface area contributed by atoms with E-state index in [0.717, 1.165) is 31.2 Å². The number of carbonyl (C=O) groups excluding carboxylic acids is 1. The number of hydrogen-bond donors (Lipinski definition) is 1. The van der Waals surface area contributed by atoms with Gasteiger partial charge in [-0.3, -0.25) is 9.69 Å². The third kappa shape index (κ3) is 3.03. The van der Waals surface area contributed by atoms with Crippen molar-refractivity contribution in [3.63, 3.8) is 0 Å². The highest BCUT2D eigenvalue weighted by Crippen LogP contribution is 2.25. The van der Waals surface area contributed by atoms with Crippen molar-refractivity contribution in [3.05, 3.63) is 51.7 Å². The van der Waals surface area contributed by atoms with Crippen molar-refractivity contribution in [1.29, 1.82) is 0 Å². The fourth-order valence-electron chi connectivity index (χ4n) is 2.60. The molecular weight excluding hydrogens is 306 g/mol. The van der Waals surface area contributed by atoms with Gasteiger partial charge in [0.1, 0.15) is 11.6 Å². The van der Waals surface area contributed by atoms with Crippen LogP contribution in [0.2, 0.25) is 0 Å². The van der Waals surface area contributed by atoms with Gasteiger partial charge in [-0.25, -0.2) is 8.78 Å². The summed E-state index contributed by atoms with van der Waals surface area (Å²) in [4.78, 5) is 15.7. The molecule has 0 radical (unpaired) electrons. The second-order valence-electron chi connectivity index (χ2n) is 5.38. The molecule has 1 aliphatic heterocycles. The molecule has 0 saturated heterocycles. The molecule has 3 nitrogen and oxygen atoms in total. The molecule has 2 aromatic rings. The molecule has 1 atom stereocenters. The molecule has 22 heavy (non-hydrogen) atoms. The van der Waals surface area contributed by atoms with Gasteiger partial charge in [0.05, 0.1) is 11.7 Å². The number of rotatable bonds is 3. The van der Waals surface area contributed by atoms with E-state index in [0.29, 0.717) is 6.54 Å². The van der Waals surface area contributed by atoms with Crippen LogP contribution in [0.5, 0.6) is 0 Å². The molecule has 0 saturated carbocycles. The molecule has 1 N–H and O–H groups in total. The van der Waals surface area contributed by atoms with Crippen LogP contribution < -0.4 is 5.32 Å². The monoisotopic (exact) mass is 322 g/mol. The fraction of sp³-hybridized carbons (Fsp3) is 0.312. The lowest BCUT2D eigenvalue weighted by molar-refractivity contribution is -0.121. The van der Waals surface area contributed by atoms with Crippen LogP contribution in [0, 0.1) is 11.6 Å². The number of fused-ring (bicyclic) bond motifs is 1. The van der Waals surface area contributed by atoms with Gasteiger partial charge >= 0.3 is 0 Å². The zero-order valence-corrected chi connectivity index (χ0v) is 12.9. The van der Waals surface area contributed by atoms with Gasteiger partial charge in [-0.15, -0.1) is 11.3 Å². The van der Waals surface area contributed by atoms with Gasteiger partial charge in [-0.2, -0.15) is 0 Å². The number of amides is 1. The Bertz CT molecular complexity index is 701. The Morgan fingerprint density at radius 2 is 2.18 bits per heavy atom. The van der Waals surface area contributed by atoms with E-state index in [-0.39, 0.29) is 11.6 Å². The minimum atomic E-state index is -0.638. The molecule has 1 aromatic heterocycles. The van der Waals surface area contributed by atoms with Crippen LogP contribution in [0.15, 0.2) is 29.6 Å². The van der Waals surface area contributed by atoms with Crippen molar-refractivity contribution in [2.45, 2.75) is 25.9 Å². The highest BCUT2D eigenvalue weighted by Gasteiger charge is 2.26. The maximum absolute atomic E-state index is 13.6. The van der Waals surface area contributed by atoms with Crippen molar-refractivity contribution in [2.24, 2.45) is 0 Å². The van der Waals surface area contributed by atoms with Gasteiger partial charge in [-0.05, 0) is 42.5 Å². The van der Waals surface area contributed by atoms with Crippen LogP contribution in [0.25, 0.3) is 0 Å². The smallest absolute Gasteiger partial charge is 0.241 e. The van der Waals surface area contributed by atoms with E-state index in [1.807, 2.05) is 4.90 Å². The molecule has 2 heterocycles. The fourth-order valence-corrected chi connectivity index (χ4v) is 3.49. The summed E-state index contributed by atoms with van der Waals surface area (Å²) in [5, 5.41) is 4.53. The lowest BCUT2D eigenvalue weighted by Gasteiger charge is -2.31. The second-order valence-corrected chi connectivity index (χ2v) is 6.38. The molecule has 1 unspecified atom stereocenters. The minimum absolute atomic E-state index is 0.120. The molecule has 0 aliphatic carbocycles. The van der Waals surface area contributed by atoms with Crippen molar-refractivity contribution in [2.75, 3.05) is 11.9 Å². The highest BCUT2D eigenvalue weighted by atomic mass is 32.1. The first-order valence-electron chi connectivity index (χ1n) is 7.10. The third-order valence-corrected chi connectivity index (χ3v) is 4.97. The van der Waals surface area contributed by atoms with E-state index in [1.165, 1.54) is 10.4 Å². The van der Waals surface area contributed by atoms with Crippen LogP contribution in [0.3, 0.4) is 0 Å². The van der Waals surface area contributed by atoms with E-state index >= 15 is 0 Å². The van der Waals surface area contributed by atoms with E-state index in [1.54, 1.807) is 18.3 Å². The first kappa shape index (κ1) is 15.1. The first-order chi connectivity index (χ1) is 10.5. The second kappa shape index (κ2) is 6.14. The zero-order chi connectivity index (χ0) is 15.7. The SMILES string of the molecule is CC(C(=O)Nc1cc(F)ccc1F)N1CCc2sccc2C1. The molecule has 0 spiro atoms. The van der Waals surface area contributed by atoms with Crippen LogP contribution >= 0.6 is 11.3 Å². The van der Waals surface area contributed by atoms with Gasteiger partial charge in [-0.1, -0.05) is 0 Å². The summed E-state index contributed by atoms with van der Waals surface area (Å²) in [6, 6.07) is 4.69. The topological polar surface area (TPSA) is 32.3 Å². The number of carbonyl (C=O) groups is 1. The van der Waals surface area contributed by atoms with Crippen molar-refractivity contribution in [3.8, 4) is 0 Å². The quantitative estimate of drug-likeness (QED) is 0.939. The Balaban J connectivity index is 1.69. The summed E-state index contributed by atoms with van der Waals surface area (Å²) < 4.78 is 26.8. The molecule has 1 aliphatic rings. The molecular formula is C16H16F2N2OS. The number of benzene rings is 1. The molecule has 1 aromatic carbocycles. The number of nitrogens with one attached hydrogen (secondary N) is 1. The predicted octanol–water partition coefficient (Wildman–Crippen LogP) is 3.41. The Labute approximate surface area is 131 Å². The van der Waals surface area contributed by atoms with Gasteiger partial charge in [0.15, 0.2) is 0 Å². The summed E-state index contributed by atoms with van der Waals surface area (Å²) in [5.41, 5.74) is 1.12. The summed E-state index contributed by atoms with van der Waals surface area (Å²) in [6.07, 6.45) is 0.916. The summed E-state index contributed by atoms with van der Waals surface area (Å²) in [5.74, 6) is -1.55. The molecule has 1 amide bonds. The minimum Gasteiger partial charge on any atom is -0.322 e. The van der Waals surface area contributed by atoms with Crippen LogP contribution in [0.1, 0.15) is 17.4 Å². The lowest BCUT2D eigenvalue weighted by Crippen LogP contribution is -2.44. The summed E-state index contributed by atoms with van der Waals surface area (Å²) in [7, 11) is 0. The Hall–Kier alpha value is -1.79. The summed E-state index contributed by atoms with van der Waals surface area (Å²) in [6.45, 7) is 3.27. The zero-order valence-electron chi connectivity index (χ0n) is 12.1. The molecule has 0 bridgehead atoms. The average molecular weight is 322 g/mol. The maximum Gasteiger partial charge on any atom is 0.241 e. The highest BCUT2D eigenvalue weighted by molar-refractivity contribution is 7.10. The number of halogens is 2. The Morgan fingerprint density at radius 3 is 3.00 bits per heavy atom. The van der Waals surface area contributed by atoms with E-state index < -0.39 is 17.7 Å². The van der Waals surface area contributed by atoms with Crippen molar-refractivity contribution < 1.29 is 13.6 Å². The van der Waals surface area contributed by atoms with Gasteiger partial charge in [0.25, 0.3) is 0 Å². The van der Waals surface area contributed by atoms with Crippen molar-refractivity contribution >= 4 is 22.9 Å². The van der Waals surface area contributed by atoms with Gasteiger partial charge in [0.2, 0.25) is 5.91 Å². The number of anilines is 1. The number of thiophene rings is 1. The molecule has 3 rings (SSSR count). The molecule has 0 fully saturated rings. The summed E-state index contributed by atoms with van der Waals surface area (Å²) >= 11 is 1.74. The average Bonchev–Trinajstić information content (AvgIpc) is 2.97. The van der Waals surface area contributed by atoms with E-state index in [2.05, 4.69) is 16.8 Å². The normalized spacial score (nSPS) is 16.1. The largest absolute Gasteiger partial charge is 0.322 e. The molecule has 6 heteroatoms. The van der Waals surface area contributed by atoms with Crippen molar-refractivity contribution in [1.82, 2.24) is 4.90 Å². The standard InChI is InChI=1S/C16H16F2N2OS/c1-10(20-6-4-15-11(9-20)5-7-22-15)16(21)19-14-8-12(17)2-3-13(14)18/h2-3,5,7-8,10H,4,6,9H2,1H3,(H,19,21). The predicted molar refractivity (Wildman–Crippen MR) is 82.9 cm³/mol. The third-order valence-electron chi connectivity index (χ3n) is 3.95. The van der Waals surface area contributed by atoms with Gasteiger partial charge in [0, 0.05) is 24.0 Å².